The van der Waals surface area contributed by atoms with Gasteiger partial charge in [0.1, 0.15) is 0 Å². The van der Waals surface area contributed by atoms with E-state index in [4.69, 9.17) is 0 Å². The van der Waals surface area contributed by atoms with Crippen LogP contribution in [0.15, 0.2) is 6.20 Å². The molecule has 0 saturated heterocycles. The highest BCUT2D eigenvalue weighted by Gasteiger charge is 2.23. The second-order valence-corrected chi connectivity index (χ2v) is 5.50. The topological polar surface area (TPSA) is 46.0 Å². The monoisotopic (exact) mass is 265 g/mol. The third-order valence-corrected chi connectivity index (χ3v) is 3.54. The lowest BCUT2D eigenvalue weighted by Gasteiger charge is -2.21. The van der Waals surface area contributed by atoms with E-state index in [9.17, 15) is 0 Å². The first-order valence-corrected chi connectivity index (χ1v) is 7.64. The van der Waals surface area contributed by atoms with Crippen molar-refractivity contribution >= 4 is 0 Å². The van der Waals surface area contributed by atoms with Crippen molar-refractivity contribution in [2.75, 3.05) is 26.2 Å². The molecule has 0 atom stereocenters. The molecular formula is C14H27N5. The Hall–Kier alpha value is -0.940. The van der Waals surface area contributed by atoms with Crippen molar-refractivity contribution in [1.82, 2.24) is 25.2 Å². The van der Waals surface area contributed by atoms with E-state index in [0.29, 0.717) is 0 Å². The van der Waals surface area contributed by atoms with Gasteiger partial charge in [-0.2, -0.15) is 0 Å². The van der Waals surface area contributed by atoms with Gasteiger partial charge in [0.25, 0.3) is 0 Å². The van der Waals surface area contributed by atoms with Gasteiger partial charge in [0.2, 0.25) is 0 Å². The largest absolute Gasteiger partial charge is 0.311 e. The minimum atomic E-state index is 0.817. The molecule has 1 aromatic rings. The Balaban J connectivity index is 1.73. The lowest BCUT2D eigenvalue weighted by Crippen LogP contribution is -2.30. The minimum absolute atomic E-state index is 0.817. The van der Waals surface area contributed by atoms with Gasteiger partial charge in [0, 0.05) is 25.8 Å². The highest BCUT2D eigenvalue weighted by molar-refractivity contribution is 4.91. The molecule has 108 valence electrons. The summed E-state index contributed by atoms with van der Waals surface area (Å²) in [5.74, 6) is 0.964. The van der Waals surface area contributed by atoms with Gasteiger partial charge in [-0.05, 0) is 38.3 Å². The van der Waals surface area contributed by atoms with Crippen LogP contribution in [0.25, 0.3) is 0 Å². The Morgan fingerprint density at radius 1 is 1.37 bits per heavy atom. The summed E-state index contributed by atoms with van der Waals surface area (Å²) >= 11 is 0. The van der Waals surface area contributed by atoms with Gasteiger partial charge in [-0.25, -0.2) is 0 Å². The van der Waals surface area contributed by atoms with Crippen LogP contribution in [-0.4, -0.2) is 46.1 Å². The lowest BCUT2D eigenvalue weighted by molar-refractivity contribution is 0.248. The molecule has 19 heavy (non-hydrogen) atoms. The molecule has 1 aliphatic rings. The predicted octanol–water partition coefficient (Wildman–Crippen LogP) is 1.51. The fourth-order valence-corrected chi connectivity index (χ4v) is 2.30. The quantitative estimate of drug-likeness (QED) is 0.696. The van der Waals surface area contributed by atoms with Crippen molar-refractivity contribution in [1.29, 1.82) is 0 Å². The predicted molar refractivity (Wildman–Crippen MR) is 76.9 cm³/mol. The molecular weight excluding hydrogens is 238 g/mol. The smallest absolute Gasteiger partial charge is 0.0964 e. The van der Waals surface area contributed by atoms with E-state index in [2.05, 4.69) is 40.6 Å². The van der Waals surface area contributed by atoms with Gasteiger partial charge in [-0.3, -0.25) is 4.68 Å². The Morgan fingerprint density at radius 3 is 2.89 bits per heavy atom. The third kappa shape index (κ3) is 5.28. The summed E-state index contributed by atoms with van der Waals surface area (Å²) in [5.41, 5.74) is 1.03. The molecule has 0 aromatic carbocycles. The van der Waals surface area contributed by atoms with E-state index in [1.165, 1.54) is 32.4 Å². The first-order chi connectivity index (χ1) is 9.31. The van der Waals surface area contributed by atoms with Gasteiger partial charge in [0.05, 0.1) is 12.2 Å². The van der Waals surface area contributed by atoms with Gasteiger partial charge in [-0.15, -0.1) is 5.10 Å². The Kier molecular flexibility index (Phi) is 5.79. The highest BCUT2D eigenvalue weighted by atomic mass is 15.4. The Morgan fingerprint density at radius 2 is 2.21 bits per heavy atom. The Bertz CT molecular complexity index is 358. The molecule has 0 amide bonds. The van der Waals surface area contributed by atoms with Crippen molar-refractivity contribution < 1.29 is 0 Å². The molecule has 0 bridgehead atoms. The molecule has 5 nitrogen and oxygen atoms in total. The summed E-state index contributed by atoms with van der Waals surface area (Å²) in [7, 11) is 0. The highest BCUT2D eigenvalue weighted by Crippen LogP contribution is 2.29. The standard InChI is InChI=1S/C14H27N5/c1-3-7-18(11-13-5-6-13)8-9-19-12-14(16-17-19)10-15-4-2/h12-13,15H,3-11H2,1-2H3. The number of hydrogen-bond acceptors (Lipinski definition) is 4. The fourth-order valence-electron chi connectivity index (χ4n) is 2.30. The molecule has 0 spiro atoms. The minimum Gasteiger partial charge on any atom is -0.311 e. The van der Waals surface area contributed by atoms with Crippen LogP contribution in [0.1, 0.15) is 38.8 Å². The maximum Gasteiger partial charge on any atom is 0.0964 e. The molecule has 1 fully saturated rings. The summed E-state index contributed by atoms with van der Waals surface area (Å²) in [6.45, 7) is 10.7. The average molecular weight is 265 g/mol. The molecule has 0 unspecified atom stereocenters. The summed E-state index contributed by atoms with van der Waals surface area (Å²) in [5, 5.41) is 11.6. The molecule has 2 rings (SSSR count). The van der Waals surface area contributed by atoms with Crippen molar-refractivity contribution in [3.8, 4) is 0 Å². The average Bonchev–Trinajstić information content (AvgIpc) is 3.11. The van der Waals surface area contributed by atoms with Crippen molar-refractivity contribution in [2.45, 2.75) is 46.2 Å². The van der Waals surface area contributed by atoms with Crippen LogP contribution in [0.5, 0.6) is 0 Å². The second kappa shape index (κ2) is 7.60. The van der Waals surface area contributed by atoms with E-state index in [0.717, 1.165) is 37.8 Å². The number of nitrogens with zero attached hydrogens (tertiary/aromatic N) is 4. The van der Waals surface area contributed by atoms with Crippen LogP contribution in [0.3, 0.4) is 0 Å². The molecule has 0 aliphatic heterocycles. The first kappa shape index (κ1) is 14.5. The summed E-state index contributed by atoms with van der Waals surface area (Å²) < 4.78 is 1.97. The van der Waals surface area contributed by atoms with Crippen LogP contribution in [0.4, 0.5) is 0 Å². The van der Waals surface area contributed by atoms with Gasteiger partial charge in [-0.1, -0.05) is 19.1 Å². The summed E-state index contributed by atoms with van der Waals surface area (Å²) in [6.07, 6.45) is 6.15. The van der Waals surface area contributed by atoms with Crippen molar-refractivity contribution in [3.05, 3.63) is 11.9 Å². The van der Waals surface area contributed by atoms with E-state index >= 15 is 0 Å². The van der Waals surface area contributed by atoms with Crippen molar-refractivity contribution in [3.63, 3.8) is 0 Å². The molecule has 1 saturated carbocycles. The maximum absolute atomic E-state index is 4.20. The van der Waals surface area contributed by atoms with Crippen LogP contribution in [0.2, 0.25) is 0 Å². The molecule has 5 heteroatoms. The SMILES string of the molecule is CCCN(CCn1cc(CNCC)nn1)CC1CC1. The second-order valence-electron chi connectivity index (χ2n) is 5.50. The number of rotatable bonds is 10. The summed E-state index contributed by atoms with van der Waals surface area (Å²) in [6, 6.07) is 0. The molecule has 1 aliphatic carbocycles. The van der Waals surface area contributed by atoms with Crippen LogP contribution >= 0.6 is 0 Å². The van der Waals surface area contributed by atoms with Crippen LogP contribution in [-0.2, 0) is 13.1 Å². The molecule has 1 aromatic heterocycles. The third-order valence-electron chi connectivity index (χ3n) is 3.54. The van der Waals surface area contributed by atoms with E-state index in [-0.39, 0.29) is 0 Å². The van der Waals surface area contributed by atoms with E-state index in [1.54, 1.807) is 0 Å². The maximum atomic E-state index is 4.20. The number of hydrogen-bond donors (Lipinski definition) is 1. The van der Waals surface area contributed by atoms with Gasteiger partial charge >= 0.3 is 0 Å². The first-order valence-electron chi connectivity index (χ1n) is 7.64. The zero-order chi connectivity index (χ0) is 13.5. The zero-order valence-electron chi connectivity index (χ0n) is 12.3. The lowest BCUT2D eigenvalue weighted by atomic mass is 10.3. The fraction of sp³-hybridized carbons (Fsp3) is 0.857. The Labute approximate surface area is 116 Å². The number of aromatic nitrogens is 3. The summed E-state index contributed by atoms with van der Waals surface area (Å²) in [4.78, 5) is 2.57. The molecule has 1 heterocycles. The zero-order valence-corrected chi connectivity index (χ0v) is 12.3. The van der Waals surface area contributed by atoms with Crippen LogP contribution < -0.4 is 5.32 Å². The van der Waals surface area contributed by atoms with Gasteiger partial charge < -0.3 is 10.2 Å². The van der Waals surface area contributed by atoms with Gasteiger partial charge in [0.15, 0.2) is 0 Å². The van der Waals surface area contributed by atoms with E-state index < -0.39 is 0 Å². The van der Waals surface area contributed by atoms with Crippen LogP contribution in [0, 0.1) is 5.92 Å². The molecule has 0 radical (unpaired) electrons. The number of nitrogens with one attached hydrogen (secondary N) is 1. The van der Waals surface area contributed by atoms with Crippen molar-refractivity contribution in [2.24, 2.45) is 5.92 Å². The normalized spacial score (nSPS) is 15.3. The van der Waals surface area contributed by atoms with E-state index in [1.807, 2.05) is 4.68 Å². The molecule has 1 N–H and O–H groups in total.